The fraction of sp³-hybridized carbons (Fsp3) is 0.455. The molecule has 15 heavy (non-hydrogen) atoms. The summed E-state index contributed by atoms with van der Waals surface area (Å²) in [5.41, 5.74) is 0. The lowest BCUT2D eigenvalue weighted by molar-refractivity contribution is 0.107. The van der Waals surface area contributed by atoms with Crippen molar-refractivity contribution >= 4 is 11.6 Å². The Hall–Kier alpha value is -0.770. The van der Waals surface area contributed by atoms with E-state index in [2.05, 4.69) is 5.32 Å². The van der Waals surface area contributed by atoms with Gasteiger partial charge in [0.1, 0.15) is 18.5 Å². The lowest BCUT2D eigenvalue weighted by atomic mass is 10.3. The molecule has 1 rings (SSSR count). The van der Waals surface area contributed by atoms with E-state index in [9.17, 15) is 5.11 Å². The van der Waals surface area contributed by atoms with E-state index >= 15 is 0 Å². The van der Waals surface area contributed by atoms with Gasteiger partial charge in [-0.05, 0) is 24.7 Å². The second-order valence-electron chi connectivity index (χ2n) is 3.23. The quantitative estimate of drug-likeness (QED) is 0.780. The van der Waals surface area contributed by atoms with Crippen molar-refractivity contribution < 1.29 is 9.84 Å². The summed E-state index contributed by atoms with van der Waals surface area (Å²) < 4.78 is 5.37. The molecule has 3 nitrogen and oxygen atoms in total. The summed E-state index contributed by atoms with van der Waals surface area (Å²) in [6, 6.07) is 7.13. The van der Waals surface area contributed by atoms with E-state index in [1.54, 1.807) is 12.1 Å². The monoisotopic (exact) mass is 229 g/mol. The number of rotatable bonds is 6. The van der Waals surface area contributed by atoms with Gasteiger partial charge < -0.3 is 15.2 Å². The Morgan fingerprint density at radius 1 is 1.53 bits per heavy atom. The highest BCUT2D eigenvalue weighted by Gasteiger charge is 2.04. The number of ether oxygens (including phenoxy) is 1. The Labute approximate surface area is 95.0 Å². The molecule has 0 saturated carbocycles. The van der Waals surface area contributed by atoms with Gasteiger partial charge in [0.15, 0.2) is 0 Å². The van der Waals surface area contributed by atoms with Crippen LogP contribution in [0.5, 0.6) is 5.75 Å². The zero-order chi connectivity index (χ0) is 11.1. The number of nitrogens with one attached hydrogen (secondary N) is 1. The van der Waals surface area contributed by atoms with E-state index in [1.807, 2.05) is 19.1 Å². The van der Waals surface area contributed by atoms with Gasteiger partial charge in [-0.2, -0.15) is 0 Å². The van der Waals surface area contributed by atoms with E-state index in [0.29, 0.717) is 17.3 Å². The molecule has 0 radical (unpaired) electrons. The second-order valence-corrected chi connectivity index (χ2v) is 3.67. The summed E-state index contributed by atoms with van der Waals surface area (Å²) in [4.78, 5) is 0. The number of likely N-dealkylation sites (N-methyl/N-ethyl adjacent to an activating group) is 1. The molecule has 0 heterocycles. The van der Waals surface area contributed by atoms with Crippen molar-refractivity contribution in [3.05, 3.63) is 29.3 Å². The van der Waals surface area contributed by atoms with Crippen molar-refractivity contribution in [3.8, 4) is 5.75 Å². The largest absolute Gasteiger partial charge is 0.491 e. The lowest BCUT2D eigenvalue weighted by Gasteiger charge is -2.12. The molecule has 4 heteroatoms. The van der Waals surface area contributed by atoms with Crippen LogP contribution >= 0.6 is 11.6 Å². The Kier molecular flexibility index (Phi) is 5.47. The zero-order valence-electron chi connectivity index (χ0n) is 8.74. The first-order valence-corrected chi connectivity index (χ1v) is 5.37. The van der Waals surface area contributed by atoms with Crippen LogP contribution in [0.1, 0.15) is 6.92 Å². The Balaban J connectivity index is 2.30. The molecule has 0 spiro atoms. The minimum atomic E-state index is -0.496. The summed E-state index contributed by atoms with van der Waals surface area (Å²) in [6.45, 7) is 3.64. The predicted octanol–water partition coefficient (Wildman–Crippen LogP) is 1.69. The standard InChI is InChI=1S/C11H16ClNO2/c1-2-13-7-10(14)8-15-11-5-3-4-9(12)6-11/h3-6,10,13-14H,2,7-8H2,1H3. The van der Waals surface area contributed by atoms with Crippen molar-refractivity contribution in [2.45, 2.75) is 13.0 Å². The van der Waals surface area contributed by atoms with Gasteiger partial charge in [-0.15, -0.1) is 0 Å². The fourth-order valence-corrected chi connectivity index (χ4v) is 1.30. The van der Waals surface area contributed by atoms with Crippen LogP contribution in [0.2, 0.25) is 5.02 Å². The number of benzene rings is 1. The Morgan fingerprint density at radius 3 is 3.00 bits per heavy atom. The fourth-order valence-electron chi connectivity index (χ4n) is 1.12. The van der Waals surface area contributed by atoms with Crippen molar-refractivity contribution in [1.29, 1.82) is 0 Å². The maximum absolute atomic E-state index is 9.49. The minimum absolute atomic E-state index is 0.271. The van der Waals surface area contributed by atoms with E-state index in [1.165, 1.54) is 0 Å². The van der Waals surface area contributed by atoms with Crippen molar-refractivity contribution in [3.63, 3.8) is 0 Å². The molecule has 84 valence electrons. The topological polar surface area (TPSA) is 41.5 Å². The molecule has 1 unspecified atom stereocenters. The number of aliphatic hydroxyl groups is 1. The highest BCUT2D eigenvalue weighted by Crippen LogP contribution is 2.16. The molecule has 1 atom stereocenters. The minimum Gasteiger partial charge on any atom is -0.491 e. The van der Waals surface area contributed by atoms with Gasteiger partial charge in [-0.1, -0.05) is 24.6 Å². The van der Waals surface area contributed by atoms with Gasteiger partial charge in [-0.25, -0.2) is 0 Å². The summed E-state index contributed by atoms with van der Waals surface area (Å²) in [6.07, 6.45) is -0.496. The van der Waals surface area contributed by atoms with Gasteiger partial charge in [0.2, 0.25) is 0 Å². The van der Waals surface area contributed by atoms with Crippen LogP contribution in [-0.4, -0.2) is 30.9 Å². The molecule has 0 bridgehead atoms. The maximum atomic E-state index is 9.49. The SMILES string of the molecule is CCNCC(O)COc1cccc(Cl)c1. The Morgan fingerprint density at radius 2 is 2.33 bits per heavy atom. The summed E-state index contributed by atoms with van der Waals surface area (Å²) in [5.74, 6) is 0.679. The maximum Gasteiger partial charge on any atom is 0.120 e. The van der Waals surface area contributed by atoms with Crippen molar-refractivity contribution in [2.24, 2.45) is 0 Å². The molecule has 1 aromatic rings. The normalized spacial score (nSPS) is 12.5. The first-order chi connectivity index (χ1) is 7.22. The van der Waals surface area contributed by atoms with Crippen molar-refractivity contribution in [2.75, 3.05) is 19.7 Å². The molecule has 1 aromatic carbocycles. The highest BCUT2D eigenvalue weighted by atomic mass is 35.5. The third-order valence-electron chi connectivity index (χ3n) is 1.87. The van der Waals surface area contributed by atoms with Crippen LogP contribution in [0.25, 0.3) is 0 Å². The molecule has 0 aliphatic carbocycles. The average Bonchev–Trinajstić information content (AvgIpc) is 2.23. The predicted molar refractivity (Wildman–Crippen MR) is 61.5 cm³/mol. The smallest absolute Gasteiger partial charge is 0.120 e. The third kappa shape index (κ3) is 5.02. The molecular formula is C11H16ClNO2. The van der Waals surface area contributed by atoms with Crippen LogP contribution in [0.3, 0.4) is 0 Å². The highest BCUT2D eigenvalue weighted by molar-refractivity contribution is 6.30. The van der Waals surface area contributed by atoms with Crippen LogP contribution in [0.4, 0.5) is 0 Å². The van der Waals surface area contributed by atoms with Crippen LogP contribution in [0, 0.1) is 0 Å². The lowest BCUT2D eigenvalue weighted by Crippen LogP contribution is -2.31. The van der Waals surface area contributed by atoms with Crippen LogP contribution in [0.15, 0.2) is 24.3 Å². The first-order valence-electron chi connectivity index (χ1n) is 4.99. The van der Waals surface area contributed by atoms with Crippen molar-refractivity contribution in [1.82, 2.24) is 5.32 Å². The van der Waals surface area contributed by atoms with E-state index in [4.69, 9.17) is 16.3 Å². The van der Waals surface area contributed by atoms with E-state index in [-0.39, 0.29) is 6.61 Å². The average molecular weight is 230 g/mol. The second kappa shape index (κ2) is 6.67. The van der Waals surface area contributed by atoms with Crippen LogP contribution < -0.4 is 10.1 Å². The first kappa shape index (κ1) is 12.3. The molecular weight excluding hydrogens is 214 g/mol. The molecule has 0 aliphatic rings. The molecule has 0 aliphatic heterocycles. The Bertz CT molecular complexity index is 294. The number of hydrogen-bond acceptors (Lipinski definition) is 3. The number of aliphatic hydroxyl groups excluding tert-OH is 1. The zero-order valence-corrected chi connectivity index (χ0v) is 9.50. The van der Waals surface area contributed by atoms with Gasteiger partial charge in [0.05, 0.1) is 0 Å². The third-order valence-corrected chi connectivity index (χ3v) is 2.10. The van der Waals surface area contributed by atoms with E-state index < -0.39 is 6.10 Å². The molecule has 2 N–H and O–H groups in total. The number of halogens is 1. The molecule has 0 fully saturated rings. The summed E-state index contributed by atoms with van der Waals surface area (Å²) in [5, 5.41) is 13.2. The van der Waals surface area contributed by atoms with Gasteiger partial charge in [-0.3, -0.25) is 0 Å². The van der Waals surface area contributed by atoms with Gasteiger partial charge in [0, 0.05) is 11.6 Å². The summed E-state index contributed by atoms with van der Waals surface area (Å²) >= 11 is 5.79. The summed E-state index contributed by atoms with van der Waals surface area (Å²) in [7, 11) is 0. The molecule has 0 amide bonds. The van der Waals surface area contributed by atoms with Crippen LogP contribution in [-0.2, 0) is 0 Å². The van der Waals surface area contributed by atoms with Gasteiger partial charge >= 0.3 is 0 Å². The van der Waals surface area contributed by atoms with Gasteiger partial charge in [0.25, 0.3) is 0 Å². The molecule has 0 saturated heterocycles. The van der Waals surface area contributed by atoms with E-state index in [0.717, 1.165) is 6.54 Å². The molecule has 0 aromatic heterocycles. The number of hydrogen-bond donors (Lipinski definition) is 2.